The van der Waals surface area contributed by atoms with E-state index >= 15 is 0 Å². The van der Waals surface area contributed by atoms with Gasteiger partial charge in [-0.1, -0.05) is 27.5 Å². The zero-order valence-corrected chi connectivity index (χ0v) is 13.3. The first-order valence-corrected chi connectivity index (χ1v) is 8.13. The predicted molar refractivity (Wildman–Crippen MR) is 84.7 cm³/mol. The van der Waals surface area contributed by atoms with E-state index in [0.29, 0.717) is 16.4 Å². The fraction of sp³-hybridized carbons (Fsp3) is 0. The number of nitrogens with one attached hydrogen (secondary N) is 1. The lowest BCUT2D eigenvalue weighted by atomic mass is 10.2. The van der Waals surface area contributed by atoms with Crippen molar-refractivity contribution in [2.75, 3.05) is 11.1 Å². The number of nitrogens with two attached hydrogens (primary N) is 2. The average molecular weight is 377 g/mol. The van der Waals surface area contributed by atoms with Gasteiger partial charge in [0.15, 0.2) is 0 Å². The van der Waals surface area contributed by atoms with E-state index in [-0.39, 0.29) is 10.6 Å². The summed E-state index contributed by atoms with van der Waals surface area (Å²) in [5, 5.41) is 8.58. The number of hydrogen-bond acceptors (Lipinski definition) is 4. The molecule has 5 N–H and O–H groups in total. The number of nitrogen functional groups attached to an aromatic ring is 1. The fourth-order valence-corrected chi connectivity index (χ4v) is 2.92. The van der Waals surface area contributed by atoms with Crippen LogP contribution in [-0.2, 0) is 10.0 Å². The second-order valence-electron chi connectivity index (χ2n) is 4.08. The van der Waals surface area contributed by atoms with Gasteiger partial charge in [0.25, 0.3) is 0 Å². The van der Waals surface area contributed by atoms with Crippen molar-refractivity contribution in [3.8, 4) is 0 Å². The third-order valence-corrected chi connectivity index (χ3v) is 4.17. The first kappa shape index (κ1) is 15.1. The van der Waals surface area contributed by atoms with Gasteiger partial charge >= 0.3 is 0 Å². The molecule has 0 aliphatic rings. The van der Waals surface area contributed by atoms with Crippen molar-refractivity contribution >= 4 is 54.6 Å². The quantitative estimate of drug-likeness (QED) is 0.717. The molecule has 0 saturated carbocycles. The lowest BCUT2D eigenvalue weighted by molar-refractivity contribution is 0.598. The van der Waals surface area contributed by atoms with Crippen LogP contribution in [0.1, 0.15) is 0 Å². The van der Waals surface area contributed by atoms with E-state index in [1.165, 1.54) is 12.1 Å². The van der Waals surface area contributed by atoms with Crippen LogP contribution < -0.4 is 16.2 Å². The number of sulfonamides is 1. The first-order chi connectivity index (χ1) is 9.25. The maximum Gasteiger partial charge on any atom is 0.238 e. The minimum atomic E-state index is -3.82. The van der Waals surface area contributed by atoms with Gasteiger partial charge in [0.05, 0.1) is 15.6 Å². The number of benzene rings is 2. The van der Waals surface area contributed by atoms with Crippen molar-refractivity contribution in [1.29, 1.82) is 0 Å². The molecule has 0 atom stereocenters. The van der Waals surface area contributed by atoms with E-state index in [1.807, 2.05) is 0 Å². The lowest BCUT2D eigenvalue weighted by Crippen LogP contribution is -2.12. The second-order valence-corrected chi connectivity index (χ2v) is 6.97. The monoisotopic (exact) mass is 375 g/mol. The zero-order valence-electron chi connectivity index (χ0n) is 10.1. The molecule has 2 aromatic carbocycles. The number of halogens is 2. The van der Waals surface area contributed by atoms with Crippen molar-refractivity contribution in [2.45, 2.75) is 4.90 Å². The smallest absolute Gasteiger partial charge is 0.238 e. The zero-order chi connectivity index (χ0) is 14.9. The van der Waals surface area contributed by atoms with Crippen LogP contribution in [0.15, 0.2) is 45.8 Å². The van der Waals surface area contributed by atoms with Crippen LogP contribution in [0.4, 0.5) is 17.1 Å². The molecule has 0 unspecified atom stereocenters. The van der Waals surface area contributed by atoms with Gasteiger partial charge in [-0.15, -0.1) is 0 Å². The van der Waals surface area contributed by atoms with Crippen LogP contribution in [-0.4, -0.2) is 8.42 Å². The van der Waals surface area contributed by atoms with Gasteiger partial charge in [-0.2, -0.15) is 0 Å². The molecule has 20 heavy (non-hydrogen) atoms. The van der Waals surface area contributed by atoms with Gasteiger partial charge < -0.3 is 11.1 Å². The first-order valence-electron chi connectivity index (χ1n) is 5.41. The molecule has 2 aromatic rings. The Morgan fingerprint density at radius 1 is 1.15 bits per heavy atom. The molecule has 0 aliphatic carbocycles. The van der Waals surface area contributed by atoms with Crippen molar-refractivity contribution in [2.24, 2.45) is 5.14 Å². The highest BCUT2D eigenvalue weighted by Crippen LogP contribution is 2.30. The maximum absolute atomic E-state index is 11.4. The summed E-state index contributed by atoms with van der Waals surface area (Å²) in [6.07, 6.45) is 0. The van der Waals surface area contributed by atoms with Gasteiger partial charge in [-0.3, -0.25) is 0 Å². The molecule has 0 aliphatic heterocycles. The standard InChI is InChI=1S/C12H11BrClN3O2S/c13-7-1-2-12(11(14)3-7)17-9-4-8(15)5-10(6-9)20(16,18)19/h1-6,17H,15H2,(H2,16,18,19). The third kappa shape index (κ3) is 3.63. The van der Waals surface area contributed by atoms with Gasteiger partial charge in [0.1, 0.15) is 0 Å². The van der Waals surface area contributed by atoms with E-state index in [0.717, 1.165) is 4.47 Å². The Labute approximate surface area is 130 Å². The summed E-state index contributed by atoms with van der Waals surface area (Å²) >= 11 is 9.39. The molecular formula is C12H11BrClN3O2S. The SMILES string of the molecule is Nc1cc(Nc2ccc(Br)cc2Cl)cc(S(N)(=O)=O)c1. The Morgan fingerprint density at radius 2 is 1.85 bits per heavy atom. The number of hydrogen-bond donors (Lipinski definition) is 3. The molecule has 0 amide bonds. The van der Waals surface area contributed by atoms with Crippen molar-refractivity contribution in [3.63, 3.8) is 0 Å². The summed E-state index contributed by atoms with van der Waals surface area (Å²) in [6, 6.07) is 9.56. The molecule has 0 spiro atoms. The molecule has 0 radical (unpaired) electrons. The van der Waals surface area contributed by atoms with Crippen LogP contribution in [0.5, 0.6) is 0 Å². The summed E-state index contributed by atoms with van der Waals surface area (Å²) in [6.45, 7) is 0. The van der Waals surface area contributed by atoms with Crippen LogP contribution in [0, 0.1) is 0 Å². The highest BCUT2D eigenvalue weighted by Gasteiger charge is 2.11. The summed E-state index contributed by atoms with van der Waals surface area (Å²) in [7, 11) is -3.82. The Bertz CT molecular complexity index is 765. The largest absolute Gasteiger partial charge is 0.399 e. The van der Waals surface area contributed by atoms with Crippen LogP contribution in [0.25, 0.3) is 0 Å². The highest BCUT2D eigenvalue weighted by atomic mass is 79.9. The van der Waals surface area contributed by atoms with Gasteiger partial charge in [0, 0.05) is 15.8 Å². The maximum atomic E-state index is 11.4. The summed E-state index contributed by atoms with van der Waals surface area (Å²) in [5.74, 6) is 0. The second kappa shape index (κ2) is 5.61. The average Bonchev–Trinajstić information content (AvgIpc) is 2.31. The molecule has 0 aromatic heterocycles. The highest BCUT2D eigenvalue weighted by molar-refractivity contribution is 9.10. The molecule has 106 valence electrons. The third-order valence-electron chi connectivity index (χ3n) is 2.47. The Balaban J connectivity index is 2.41. The molecule has 5 nitrogen and oxygen atoms in total. The summed E-state index contributed by atoms with van der Waals surface area (Å²) < 4.78 is 23.6. The van der Waals surface area contributed by atoms with Crippen molar-refractivity contribution < 1.29 is 8.42 Å². The topological polar surface area (TPSA) is 98.2 Å². The van der Waals surface area contributed by atoms with Crippen LogP contribution in [0.2, 0.25) is 5.02 Å². The van der Waals surface area contributed by atoms with Crippen LogP contribution >= 0.6 is 27.5 Å². The molecule has 8 heteroatoms. The van der Waals surface area contributed by atoms with Crippen molar-refractivity contribution in [3.05, 3.63) is 45.9 Å². The molecule has 0 fully saturated rings. The van der Waals surface area contributed by atoms with Crippen LogP contribution in [0.3, 0.4) is 0 Å². The van der Waals surface area contributed by atoms with E-state index in [2.05, 4.69) is 21.2 Å². The van der Waals surface area contributed by atoms with E-state index in [9.17, 15) is 8.42 Å². The number of rotatable bonds is 3. The molecule has 2 rings (SSSR count). The lowest BCUT2D eigenvalue weighted by Gasteiger charge is -2.11. The number of anilines is 3. The minimum absolute atomic E-state index is 0.0618. The Hall–Kier alpha value is -1.28. The Kier molecular flexibility index (Phi) is 4.24. The van der Waals surface area contributed by atoms with Gasteiger partial charge in [0.2, 0.25) is 10.0 Å². The minimum Gasteiger partial charge on any atom is -0.399 e. The predicted octanol–water partition coefficient (Wildman–Crippen LogP) is 3.08. The van der Waals surface area contributed by atoms with E-state index < -0.39 is 10.0 Å². The number of primary sulfonamides is 1. The van der Waals surface area contributed by atoms with Gasteiger partial charge in [-0.05, 0) is 36.4 Å². The van der Waals surface area contributed by atoms with E-state index in [4.69, 9.17) is 22.5 Å². The molecule has 0 saturated heterocycles. The summed E-state index contributed by atoms with van der Waals surface area (Å²) in [5.41, 5.74) is 7.07. The molecule has 0 heterocycles. The normalized spacial score (nSPS) is 11.3. The fourth-order valence-electron chi connectivity index (χ4n) is 1.60. The molecule has 0 bridgehead atoms. The van der Waals surface area contributed by atoms with Gasteiger partial charge in [-0.25, -0.2) is 13.6 Å². The van der Waals surface area contributed by atoms with E-state index in [1.54, 1.807) is 24.3 Å². The molecular weight excluding hydrogens is 366 g/mol. The van der Waals surface area contributed by atoms with Crippen molar-refractivity contribution in [1.82, 2.24) is 0 Å². The Morgan fingerprint density at radius 3 is 2.45 bits per heavy atom. The summed E-state index contributed by atoms with van der Waals surface area (Å²) in [4.78, 5) is -0.0618.